The summed E-state index contributed by atoms with van der Waals surface area (Å²) >= 11 is 0. The number of aliphatic carboxylic acids is 1. The molecule has 0 aliphatic rings. The van der Waals surface area contributed by atoms with Gasteiger partial charge in [-0.15, -0.1) is 0 Å². The SMILES string of the molecule is CC(NC(=O)C(CCCCN)NC(=O)C(N)Cc1ccc(O)cc1)C(=O)NC(Cc1cnc[nH]1)C(=O)O. The number of hydrogen-bond donors (Lipinski definition) is 8. The molecule has 1 heterocycles. The van der Waals surface area contributed by atoms with E-state index < -0.39 is 47.9 Å². The lowest BCUT2D eigenvalue weighted by Crippen LogP contribution is -2.56. The molecule has 4 atom stereocenters. The van der Waals surface area contributed by atoms with E-state index in [9.17, 15) is 29.4 Å². The molecule has 0 aliphatic heterocycles. The van der Waals surface area contributed by atoms with Crippen LogP contribution in [-0.2, 0) is 32.0 Å². The number of unbranched alkanes of at least 4 members (excludes halogenated alkanes) is 1. The molecule has 13 heteroatoms. The quantitative estimate of drug-likeness (QED) is 0.134. The second-order valence-corrected chi connectivity index (χ2v) is 8.73. The number of carboxylic acid groups (broad SMARTS) is 1. The number of carbonyl (C=O) groups is 4. The normalized spacial score (nSPS) is 14.1. The molecule has 1 aromatic heterocycles. The summed E-state index contributed by atoms with van der Waals surface area (Å²) in [7, 11) is 0. The van der Waals surface area contributed by atoms with Crippen LogP contribution in [0, 0.1) is 0 Å². The monoisotopic (exact) mass is 517 g/mol. The van der Waals surface area contributed by atoms with Crippen molar-refractivity contribution in [2.75, 3.05) is 6.54 Å². The van der Waals surface area contributed by atoms with Gasteiger partial charge in [0.25, 0.3) is 0 Å². The van der Waals surface area contributed by atoms with Crippen LogP contribution in [0.5, 0.6) is 5.75 Å². The topological polar surface area (TPSA) is 226 Å². The fraction of sp³-hybridized carbons (Fsp3) is 0.458. The number of nitrogens with one attached hydrogen (secondary N) is 4. The predicted molar refractivity (Wildman–Crippen MR) is 134 cm³/mol. The number of amides is 3. The Kier molecular flexibility index (Phi) is 11.5. The van der Waals surface area contributed by atoms with E-state index in [-0.39, 0.29) is 25.0 Å². The van der Waals surface area contributed by atoms with Crippen molar-refractivity contribution in [3.05, 3.63) is 48.0 Å². The van der Waals surface area contributed by atoms with Crippen molar-refractivity contribution in [3.63, 3.8) is 0 Å². The van der Waals surface area contributed by atoms with Crippen LogP contribution >= 0.6 is 0 Å². The lowest BCUT2D eigenvalue weighted by Gasteiger charge is -2.23. The highest BCUT2D eigenvalue weighted by molar-refractivity contribution is 5.94. The number of nitrogens with two attached hydrogens (primary N) is 2. The van der Waals surface area contributed by atoms with E-state index in [1.807, 2.05) is 0 Å². The third-order valence-corrected chi connectivity index (χ3v) is 5.65. The highest BCUT2D eigenvalue weighted by atomic mass is 16.4. The number of aromatic nitrogens is 2. The minimum Gasteiger partial charge on any atom is -0.508 e. The molecule has 3 amide bonds. The lowest BCUT2D eigenvalue weighted by atomic mass is 10.0. The van der Waals surface area contributed by atoms with Gasteiger partial charge in [0, 0.05) is 18.3 Å². The molecule has 10 N–H and O–H groups in total. The van der Waals surface area contributed by atoms with Gasteiger partial charge in [0.15, 0.2) is 0 Å². The van der Waals surface area contributed by atoms with E-state index in [1.54, 1.807) is 12.1 Å². The van der Waals surface area contributed by atoms with Crippen LogP contribution in [0.3, 0.4) is 0 Å². The first-order chi connectivity index (χ1) is 17.6. The van der Waals surface area contributed by atoms with Gasteiger partial charge in [-0.25, -0.2) is 9.78 Å². The minimum atomic E-state index is -1.24. The Hall–Kier alpha value is -3.97. The summed E-state index contributed by atoms with van der Waals surface area (Å²) in [5, 5.41) is 26.4. The highest BCUT2D eigenvalue weighted by Crippen LogP contribution is 2.11. The Balaban J connectivity index is 1.98. The maximum atomic E-state index is 12.9. The molecule has 0 fully saturated rings. The Morgan fingerprint density at radius 1 is 0.973 bits per heavy atom. The first-order valence-corrected chi connectivity index (χ1v) is 12.0. The van der Waals surface area contributed by atoms with Crippen LogP contribution in [0.2, 0.25) is 0 Å². The number of phenolic OH excluding ortho intramolecular Hbond substituents is 1. The molecule has 2 rings (SSSR count). The van der Waals surface area contributed by atoms with E-state index in [1.165, 1.54) is 31.6 Å². The number of phenols is 1. The molecule has 4 unspecified atom stereocenters. The molecule has 13 nitrogen and oxygen atoms in total. The molecule has 1 aromatic carbocycles. The van der Waals surface area contributed by atoms with Gasteiger partial charge in [-0.1, -0.05) is 12.1 Å². The van der Waals surface area contributed by atoms with Crippen molar-refractivity contribution in [2.45, 2.75) is 63.2 Å². The molecular formula is C24H35N7O6. The molecule has 0 saturated heterocycles. The highest BCUT2D eigenvalue weighted by Gasteiger charge is 2.28. The zero-order valence-corrected chi connectivity index (χ0v) is 20.6. The van der Waals surface area contributed by atoms with Crippen molar-refractivity contribution in [2.24, 2.45) is 11.5 Å². The van der Waals surface area contributed by atoms with Crippen molar-refractivity contribution in [1.29, 1.82) is 0 Å². The fourth-order valence-electron chi connectivity index (χ4n) is 3.51. The van der Waals surface area contributed by atoms with Crippen molar-refractivity contribution in [3.8, 4) is 5.75 Å². The summed E-state index contributed by atoms with van der Waals surface area (Å²) < 4.78 is 0. The largest absolute Gasteiger partial charge is 0.508 e. The van der Waals surface area contributed by atoms with Crippen LogP contribution in [0.15, 0.2) is 36.8 Å². The minimum absolute atomic E-state index is 0.0154. The Morgan fingerprint density at radius 3 is 2.24 bits per heavy atom. The smallest absolute Gasteiger partial charge is 0.326 e. The summed E-state index contributed by atoms with van der Waals surface area (Å²) in [6.07, 6.45) is 4.47. The Labute approximate surface area is 214 Å². The molecular weight excluding hydrogens is 482 g/mol. The third-order valence-electron chi connectivity index (χ3n) is 5.65. The number of carboxylic acids is 1. The van der Waals surface area contributed by atoms with Gasteiger partial charge in [-0.2, -0.15) is 0 Å². The standard InChI is InChI=1S/C24H35N7O6/c1-14(21(33)31-20(24(36)37)11-16-12-27-13-28-16)29-23(35)19(4-2-3-9-25)30-22(34)18(26)10-15-5-7-17(32)8-6-15/h5-8,12-14,18-20,32H,2-4,9-11,25-26H2,1H3,(H,27,28)(H,29,35)(H,30,34)(H,31,33)(H,36,37). The second kappa shape index (κ2) is 14.6. The number of aromatic amines is 1. The van der Waals surface area contributed by atoms with Gasteiger partial charge in [0.05, 0.1) is 12.4 Å². The van der Waals surface area contributed by atoms with Crippen LogP contribution in [0.1, 0.15) is 37.4 Å². The van der Waals surface area contributed by atoms with Crippen LogP contribution in [0.4, 0.5) is 0 Å². The summed E-state index contributed by atoms with van der Waals surface area (Å²) in [4.78, 5) is 56.4. The Morgan fingerprint density at radius 2 is 1.65 bits per heavy atom. The first-order valence-electron chi connectivity index (χ1n) is 12.0. The summed E-state index contributed by atoms with van der Waals surface area (Å²) in [5.41, 5.74) is 12.8. The summed E-state index contributed by atoms with van der Waals surface area (Å²) in [6.45, 7) is 1.83. The van der Waals surface area contributed by atoms with Crippen molar-refractivity contribution in [1.82, 2.24) is 25.9 Å². The van der Waals surface area contributed by atoms with E-state index in [0.717, 1.165) is 5.56 Å². The molecule has 0 aliphatic carbocycles. The number of benzene rings is 1. The van der Waals surface area contributed by atoms with Crippen LogP contribution in [0.25, 0.3) is 0 Å². The average molecular weight is 518 g/mol. The van der Waals surface area contributed by atoms with Crippen LogP contribution in [-0.4, -0.2) is 74.6 Å². The first kappa shape index (κ1) is 29.3. The number of rotatable bonds is 15. The predicted octanol–water partition coefficient (Wildman–Crippen LogP) is -1.08. The van der Waals surface area contributed by atoms with Crippen molar-refractivity contribution >= 4 is 23.7 Å². The van der Waals surface area contributed by atoms with E-state index >= 15 is 0 Å². The maximum Gasteiger partial charge on any atom is 0.326 e. The molecule has 37 heavy (non-hydrogen) atoms. The van der Waals surface area contributed by atoms with Gasteiger partial charge in [-0.3, -0.25) is 14.4 Å². The number of hydrogen-bond acceptors (Lipinski definition) is 8. The number of aromatic hydroxyl groups is 1. The molecule has 0 saturated carbocycles. The lowest BCUT2D eigenvalue weighted by molar-refractivity contribution is -0.142. The van der Waals surface area contributed by atoms with Crippen LogP contribution < -0.4 is 27.4 Å². The summed E-state index contributed by atoms with van der Waals surface area (Å²) in [5.74, 6) is -3.01. The van der Waals surface area contributed by atoms with Gasteiger partial charge in [0.2, 0.25) is 17.7 Å². The number of imidazole rings is 1. The van der Waals surface area contributed by atoms with Gasteiger partial charge >= 0.3 is 5.97 Å². The van der Waals surface area contributed by atoms with E-state index in [0.29, 0.717) is 25.1 Å². The van der Waals surface area contributed by atoms with Gasteiger partial charge in [-0.05, 0) is 56.8 Å². The van der Waals surface area contributed by atoms with Crippen molar-refractivity contribution < 1.29 is 29.4 Å². The van der Waals surface area contributed by atoms with Gasteiger partial charge < -0.3 is 42.6 Å². The molecule has 0 bridgehead atoms. The molecule has 0 spiro atoms. The zero-order chi connectivity index (χ0) is 27.4. The molecule has 2 aromatic rings. The van der Waals surface area contributed by atoms with E-state index in [2.05, 4.69) is 25.9 Å². The van der Waals surface area contributed by atoms with Gasteiger partial charge in [0.1, 0.15) is 23.9 Å². The zero-order valence-electron chi connectivity index (χ0n) is 20.6. The summed E-state index contributed by atoms with van der Waals surface area (Å²) in [6, 6.07) is 2.03. The average Bonchev–Trinajstić information content (AvgIpc) is 3.37. The fourth-order valence-corrected chi connectivity index (χ4v) is 3.51. The number of nitrogens with zero attached hydrogens (tertiary/aromatic N) is 1. The molecule has 0 radical (unpaired) electrons. The second-order valence-electron chi connectivity index (χ2n) is 8.73. The van der Waals surface area contributed by atoms with E-state index in [4.69, 9.17) is 11.5 Å². The third kappa shape index (κ3) is 9.89. The number of carbonyl (C=O) groups excluding carboxylic acids is 3. The number of H-pyrrole nitrogens is 1. The molecule has 202 valence electrons. The Bertz CT molecular complexity index is 1030. The maximum absolute atomic E-state index is 12.9.